The lowest BCUT2D eigenvalue weighted by Gasteiger charge is -2.16. The van der Waals surface area contributed by atoms with Gasteiger partial charge in [-0.1, -0.05) is 49.2 Å². The van der Waals surface area contributed by atoms with Crippen LogP contribution in [0.25, 0.3) is 0 Å². The SMILES string of the molecule is COc1ccc([C@@H](N)CC2CC2)cc1OCc1ccccc1. The summed E-state index contributed by atoms with van der Waals surface area (Å²) in [5.41, 5.74) is 8.56. The summed E-state index contributed by atoms with van der Waals surface area (Å²) in [6.07, 6.45) is 3.70. The number of hydrogen-bond donors (Lipinski definition) is 1. The van der Waals surface area contributed by atoms with Gasteiger partial charge in [0.25, 0.3) is 0 Å². The highest BCUT2D eigenvalue weighted by Crippen LogP contribution is 2.38. The van der Waals surface area contributed by atoms with E-state index < -0.39 is 0 Å². The van der Waals surface area contributed by atoms with E-state index in [0.29, 0.717) is 6.61 Å². The third-order valence-corrected chi connectivity index (χ3v) is 4.14. The molecule has 1 aliphatic carbocycles. The molecule has 0 heterocycles. The van der Waals surface area contributed by atoms with Crippen molar-refractivity contribution in [2.45, 2.75) is 31.9 Å². The first-order valence-corrected chi connectivity index (χ1v) is 7.86. The van der Waals surface area contributed by atoms with Gasteiger partial charge >= 0.3 is 0 Å². The molecule has 2 aromatic rings. The van der Waals surface area contributed by atoms with Crippen molar-refractivity contribution in [2.24, 2.45) is 11.7 Å². The van der Waals surface area contributed by atoms with Gasteiger partial charge in [-0.3, -0.25) is 0 Å². The Morgan fingerprint density at radius 3 is 2.55 bits per heavy atom. The van der Waals surface area contributed by atoms with Crippen LogP contribution in [0.1, 0.15) is 36.4 Å². The van der Waals surface area contributed by atoms with Gasteiger partial charge in [-0.2, -0.15) is 0 Å². The Labute approximate surface area is 132 Å². The Morgan fingerprint density at radius 1 is 1.09 bits per heavy atom. The fraction of sp³-hybridized carbons (Fsp3) is 0.368. The van der Waals surface area contributed by atoms with Gasteiger partial charge in [0.15, 0.2) is 11.5 Å². The molecule has 0 unspecified atom stereocenters. The molecule has 0 amide bonds. The molecule has 0 radical (unpaired) electrons. The molecule has 3 nitrogen and oxygen atoms in total. The van der Waals surface area contributed by atoms with Gasteiger partial charge in [-0.15, -0.1) is 0 Å². The topological polar surface area (TPSA) is 44.5 Å². The molecule has 0 saturated heterocycles. The van der Waals surface area contributed by atoms with E-state index in [1.807, 2.05) is 36.4 Å². The Hall–Kier alpha value is -2.00. The second-order valence-electron chi connectivity index (χ2n) is 5.97. The average Bonchev–Trinajstić information content (AvgIpc) is 3.37. The molecule has 1 saturated carbocycles. The minimum atomic E-state index is 0.0810. The predicted octanol–water partition coefficient (Wildman–Crippen LogP) is 4.07. The van der Waals surface area contributed by atoms with Crippen LogP contribution in [-0.4, -0.2) is 7.11 Å². The summed E-state index contributed by atoms with van der Waals surface area (Å²) in [7, 11) is 1.66. The Kier molecular flexibility index (Phi) is 4.64. The second-order valence-corrected chi connectivity index (χ2v) is 5.97. The lowest BCUT2D eigenvalue weighted by molar-refractivity contribution is 0.284. The predicted molar refractivity (Wildman–Crippen MR) is 88.0 cm³/mol. The number of nitrogens with two attached hydrogens (primary N) is 1. The van der Waals surface area contributed by atoms with Crippen LogP contribution >= 0.6 is 0 Å². The average molecular weight is 297 g/mol. The van der Waals surface area contributed by atoms with Gasteiger partial charge in [0.1, 0.15) is 6.61 Å². The van der Waals surface area contributed by atoms with Gasteiger partial charge in [0.2, 0.25) is 0 Å². The normalized spacial score (nSPS) is 15.4. The molecule has 2 N–H and O–H groups in total. The highest BCUT2D eigenvalue weighted by Gasteiger charge is 2.24. The van der Waals surface area contributed by atoms with Crippen molar-refractivity contribution in [1.82, 2.24) is 0 Å². The van der Waals surface area contributed by atoms with Crippen LogP contribution in [0.3, 0.4) is 0 Å². The minimum absolute atomic E-state index is 0.0810. The second kappa shape index (κ2) is 6.84. The summed E-state index contributed by atoms with van der Waals surface area (Å²) in [5.74, 6) is 2.32. The third kappa shape index (κ3) is 3.80. The minimum Gasteiger partial charge on any atom is -0.493 e. The van der Waals surface area contributed by atoms with Crippen molar-refractivity contribution >= 4 is 0 Å². The van der Waals surface area contributed by atoms with Gasteiger partial charge in [-0.05, 0) is 35.6 Å². The maximum absolute atomic E-state index is 6.31. The van der Waals surface area contributed by atoms with E-state index in [-0.39, 0.29) is 6.04 Å². The number of rotatable bonds is 7. The largest absolute Gasteiger partial charge is 0.493 e. The van der Waals surface area contributed by atoms with Crippen molar-refractivity contribution in [2.75, 3.05) is 7.11 Å². The van der Waals surface area contributed by atoms with Crippen molar-refractivity contribution in [3.8, 4) is 11.5 Å². The first kappa shape index (κ1) is 14.9. The van der Waals surface area contributed by atoms with Gasteiger partial charge in [-0.25, -0.2) is 0 Å². The highest BCUT2D eigenvalue weighted by molar-refractivity contribution is 5.44. The molecule has 3 rings (SSSR count). The fourth-order valence-electron chi connectivity index (χ4n) is 2.62. The molecular formula is C19H23NO2. The van der Waals surface area contributed by atoms with Gasteiger partial charge in [0.05, 0.1) is 7.11 Å². The Bertz CT molecular complexity index is 608. The van der Waals surface area contributed by atoms with Crippen molar-refractivity contribution in [3.05, 3.63) is 59.7 Å². The number of benzene rings is 2. The molecule has 1 fully saturated rings. The van der Waals surface area contributed by atoms with E-state index in [1.165, 1.54) is 12.8 Å². The Morgan fingerprint density at radius 2 is 1.86 bits per heavy atom. The van der Waals surface area contributed by atoms with E-state index in [4.69, 9.17) is 15.2 Å². The monoisotopic (exact) mass is 297 g/mol. The summed E-state index contributed by atoms with van der Waals surface area (Å²) in [6, 6.07) is 16.2. The van der Waals surface area contributed by atoms with E-state index >= 15 is 0 Å². The van der Waals surface area contributed by atoms with E-state index in [9.17, 15) is 0 Å². The van der Waals surface area contributed by atoms with Crippen molar-refractivity contribution < 1.29 is 9.47 Å². The van der Waals surface area contributed by atoms with E-state index in [0.717, 1.165) is 35.0 Å². The van der Waals surface area contributed by atoms with Crippen LogP contribution in [-0.2, 0) is 6.61 Å². The number of hydrogen-bond acceptors (Lipinski definition) is 3. The zero-order chi connectivity index (χ0) is 15.4. The maximum Gasteiger partial charge on any atom is 0.161 e. The van der Waals surface area contributed by atoms with Crippen molar-refractivity contribution in [1.29, 1.82) is 0 Å². The zero-order valence-corrected chi connectivity index (χ0v) is 13.0. The lowest BCUT2D eigenvalue weighted by atomic mass is 10.0. The standard InChI is InChI=1S/C19H23NO2/c1-21-18-10-9-16(17(20)11-14-7-8-14)12-19(18)22-13-15-5-3-2-4-6-15/h2-6,9-10,12,14,17H,7-8,11,13,20H2,1H3/t17-/m0/s1. The summed E-state index contributed by atoms with van der Waals surface area (Å²) < 4.78 is 11.3. The Balaban J connectivity index is 1.72. The third-order valence-electron chi connectivity index (χ3n) is 4.14. The van der Waals surface area contributed by atoms with Gasteiger partial charge in [0, 0.05) is 6.04 Å². The molecule has 0 aromatic heterocycles. The molecule has 0 aliphatic heterocycles. The van der Waals surface area contributed by atoms with Crippen molar-refractivity contribution in [3.63, 3.8) is 0 Å². The maximum atomic E-state index is 6.31. The first-order valence-electron chi connectivity index (χ1n) is 7.86. The molecule has 1 aliphatic rings. The molecule has 2 aromatic carbocycles. The van der Waals surface area contributed by atoms with E-state index in [1.54, 1.807) is 7.11 Å². The zero-order valence-electron chi connectivity index (χ0n) is 13.0. The molecular weight excluding hydrogens is 274 g/mol. The van der Waals surface area contributed by atoms with Crippen LogP contribution in [0.2, 0.25) is 0 Å². The quantitative estimate of drug-likeness (QED) is 0.837. The fourth-order valence-corrected chi connectivity index (χ4v) is 2.62. The molecule has 116 valence electrons. The summed E-state index contributed by atoms with van der Waals surface area (Å²) in [4.78, 5) is 0. The molecule has 3 heteroatoms. The summed E-state index contributed by atoms with van der Waals surface area (Å²) in [5, 5.41) is 0. The van der Waals surface area contributed by atoms with Crippen LogP contribution in [0.15, 0.2) is 48.5 Å². The van der Waals surface area contributed by atoms with Crippen LogP contribution in [0.4, 0.5) is 0 Å². The molecule has 1 atom stereocenters. The number of ether oxygens (including phenoxy) is 2. The molecule has 0 bridgehead atoms. The first-order chi connectivity index (χ1) is 10.8. The van der Waals surface area contributed by atoms with Crippen LogP contribution < -0.4 is 15.2 Å². The smallest absolute Gasteiger partial charge is 0.161 e. The molecule has 0 spiro atoms. The van der Waals surface area contributed by atoms with Crippen LogP contribution in [0.5, 0.6) is 11.5 Å². The number of methoxy groups -OCH3 is 1. The van der Waals surface area contributed by atoms with Crippen LogP contribution in [0, 0.1) is 5.92 Å². The van der Waals surface area contributed by atoms with E-state index in [2.05, 4.69) is 12.1 Å². The summed E-state index contributed by atoms with van der Waals surface area (Å²) in [6.45, 7) is 0.526. The highest BCUT2D eigenvalue weighted by atomic mass is 16.5. The summed E-state index contributed by atoms with van der Waals surface area (Å²) >= 11 is 0. The lowest BCUT2D eigenvalue weighted by Crippen LogP contribution is -2.11. The molecule has 22 heavy (non-hydrogen) atoms. The van der Waals surface area contributed by atoms with Gasteiger partial charge < -0.3 is 15.2 Å².